The van der Waals surface area contributed by atoms with Crippen molar-refractivity contribution in [2.75, 3.05) is 12.3 Å². The van der Waals surface area contributed by atoms with E-state index in [2.05, 4.69) is 27.7 Å². The van der Waals surface area contributed by atoms with Crippen molar-refractivity contribution in [3.63, 3.8) is 0 Å². The molecule has 1 rings (SSSR count). The number of nitrogens with two attached hydrogens (primary N) is 1. The van der Waals surface area contributed by atoms with E-state index < -0.39 is 0 Å². The van der Waals surface area contributed by atoms with Gasteiger partial charge in [0.2, 0.25) is 5.91 Å². The summed E-state index contributed by atoms with van der Waals surface area (Å²) in [6.45, 7) is 9.81. The van der Waals surface area contributed by atoms with Gasteiger partial charge < -0.3 is 10.6 Å². The Bertz CT molecular complexity index is 421. The van der Waals surface area contributed by atoms with Gasteiger partial charge in [0.25, 0.3) is 0 Å². The predicted molar refractivity (Wildman–Crippen MR) is 80.6 cm³/mol. The summed E-state index contributed by atoms with van der Waals surface area (Å²) in [4.78, 5) is 14.3. The largest absolute Gasteiger partial charge is 0.399 e. The van der Waals surface area contributed by atoms with Gasteiger partial charge in [-0.05, 0) is 29.5 Å². The summed E-state index contributed by atoms with van der Waals surface area (Å²) in [7, 11) is 0. The van der Waals surface area contributed by atoms with E-state index in [0.717, 1.165) is 24.2 Å². The normalized spacial score (nSPS) is 11.4. The summed E-state index contributed by atoms with van der Waals surface area (Å²) in [5, 5.41) is 0. The van der Waals surface area contributed by atoms with E-state index in [1.165, 1.54) is 0 Å². The Kier molecular flexibility index (Phi) is 5.40. The predicted octanol–water partition coefficient (Wildman–Crippen LogP) is 3.44. The smallest absolute Gasteiger partial charge is 0.223 e. The second-order valence-electron chi connectivity index (χ2n) is 6.30. The number of anilines is 1. The molecule has 0 saturated carbocycles. The first-order valence-electron chi connectivity index (χ1n) is 6.94. The number of carbonyl (C=O) groups is 1. The van der Waals surface area contributed by atoms with E-state index in [1.807, 2.05) is 29.2 Å². The zero-order valence-corrected chi connectivity index (χ0v) is 12.6. The van der Waals surface area contributed by atoms with E-state index in [0.29, 0.717) is 13.0 Å². The summed E-state index contributed by atoms with van der Waals surface area (Å²) in [6.07, 6.45) is 1.55. The van der Waals surface area contributed by atoms with E-state index in [1.54, 1.807) is 0 Å². The molecule has 3 nitrogen and oxygen atoms in total. The zero-order chi connectivity index (χ0) is 14.5. The van der Waals surface area contributed by atoms with Gasteiger partial charge in [0.15, 0.2) is 0 Å². The van der Waals surface area contributed by atoms with Gasteiger partial charge in [-0.25, -0.2) is 0 Å². The fraction of sp³-hybridized carbons (Fsp3) is 0.562. The van der Waals surface area contributed by atoms with Crippen LogP contribution in [0.4, 0.5) is 5.69 Å². The third-order valence-corrected chi connectivity index (χ3v) is 2.85. The first-order chi connectivity index (χ1) is 8.81. The van der Waals surface area contributed by atoms with Gasteiger partial charge in [0, 0.05) is 25.2 Å². The summed E-state index contributed by atoms with van der Waals surface area (Å²) >= 11 is 0. The van der Waals surface area contributed by atoms with Crippen LogP contribution >= 0.6 is 0 Å². The van der Waals surface area contributed by atoms with Crippen molar-refractivity contribution >= 4 is 11.6 Å². The molecule has 0 unspecified atom stereocenters. The maximum Gasteiger partial charge on any atom is 0.223 e. The molecule has 2 N–H and O–H groups in total. The molecule has 0 spiro atoms. The molecule has 19 heavy (non-hydrogen) atoms. The highest BCUT2D eigenvalue weighted by Gasteiger charge is 2.20. The topological polar surface area (TPSA) is 46.3 Å². The van der Waals surface area contributed by atoms with E-state index in [4.69, 9.17) is 5.73 Å². The average Bonchev–Trinajstić information content (AvgIpc) is 2.26. The summed E-state index contributed by atoms with van der Waals surface area (Å²) in [6, 6.07) is 7.75. The molecule has 1 amide bonds. The van der Waals surface area contributed by atoms with Crippen molar-refractivity contribution < 1.29 is 4.79 Å². The van der Waals surface area contributed by atoms with Crippen LogP contribution in [-0.2, 0) is 11.3 Å². The van der Waals surface area contributed by atoms with Gasteiger partial charge in [-0.15, -0.1) is 0 Å². The quantitative estimate of drug-likeness (QED) is 0.826. The van der Waals surface area contributed by atoms with Crippen molar-refractivity contribution in [3.8, 4) is 0 Å². The first-order valence-corrected chi connectivity index (χ1v) is 6.94. The molecule has 3 heteroatoms. The van der Waals surface area contributed by atoms with E-state index in [9.17, 15) is 4.79 Å². The molecule has 0 aromatic heterocycles. The Morgan fingerprint density at radius 3 is 2.53 bits per heavy atom. The fourth-order valence-corrected chi connectivity index (χ4v) is 2.04. The number of nitrogens with zero attached hydrogens (tertiary/aromatic N) is 1. The zero-order valence-electron chi connectivity index (χ0n) is 12.6. The van der Waals surface area contributed by atoms with Crippen LogP contribution in [0.25, 0.3) is 0 Å². The highest BCUT2D eigenvalue weighted by molar-refractivity contribution is 5.76. The highest BCUT2D eigenvalue weighted by Crippen LogP contribution is 2.21. The third kappa shape index (κ3) is 5.77. The van der Waals surface area contributed by atoms with Crippen LogP contribution in [0, 0.1) is 5.41 Å². The number of hydrogen-bond acceptors (Lipinski definition) is 2. The fourth-order valence-electron chi connectivity index (χ4n) is 2.04. The summed E-state index contributed by atoms with van der Waals surface area (Å²) in [5.74, 6) is 0.219. The standard InChI is InChI=1S/C16H26N2O/c1-5-9-18(15(19)11-16(2,3)4)12-13-7-6-8-14(17)10-13/h6-8,10H,5,9,11-12,17H2,1-4H3. The summed E-state index contributed by atoms with van der Waals surface area (Å²) < 4.78 is 0. The van der Waals surface area contributed by atoms with E-state index in [-0.39, 0.29) is 11.3 Å². The van der Waals surface area contributed by atoms with Crippen molar-refractivity contribution in [3.05, 3.63) is 29.8 Å². The number of carbonyl (C=O) groups excluding carboxylic acids is 1. The molecule has 1 aromatic rings. The molecule has 1 aromatic carbocycles. The van der Waals surface area contributed by atoms with Gasteiger partial charge in [-0.2, -0.15) is 0 Å². The van der Waals surface area contributed by atoms with Crippen molar-refractivity contribution in [1.29, 1.82) is 0 Å². The Morgan fingerprint density at radius 1 is 1.32 bits per heavy atom. The molecular weight excluding hydrogens is 236 g/mol. The molecule has 0 saturated heterocycles. The van der Waals surface area contributed by atoms with Gasteiger partial charge in [0.05, 0.1) is 0 Å². The average molecular weight is 262 g/mol. The van der Waals surface area contributed by atoms with Gasteiger partial charge in [-0.1, -0.05) is 39.8 Å². The molecule has 0 heterocycles. The minimum absolute atomic E-state index is 0.0266. The number of benzene rings is 1. The van der Waals surface area contributed by atoms with Crippen LogP contribution in [0.15, 0.2) is 24.3 Å². The Hall–Kier alpha value is -1.51. The lowest BCUT2D eigenvalue weighted by atomic mass is 9.91. The molecule has 0 radical (unpaired) electrons. The lowest BCUT2D eigenvalue weighted by Gasteiger charge is -2.26. The minimum atomic E-state index is 0.0266. The highest BCUT2D eigenvalue weighted by atomic mass is 16.2. The van der Waals surface area contributed by atoms with E-state index >= 15 is 0 Å². The molecule has 0 aliphatic heterocycles. The third-order valence-electron chi connectivity index (χ3n) is 2.85. The molecule has 0 fully saturated rings. The lowest BCUT2D eigenvalue weighted by Crippen LogP contribution is -2.33. The van der Waals surface area contributed by atoms with Crippen LogP contribution in [0.2, 0.25) is 0 Å². The monoisotopic (exact) mass is 262 g/mol. The van der Waals surface area contributed by atoms with Crippen LogP contribution in [0.3, 0.4) is 0 Å². The maximum atomic E-state index is 12.3. The molecular formula is C16H26N2O. The molecule has 0 aliphatic rings. The van der Waals surface area contributed by atoms with Crippen LogP contribution in [0.1, 0.15) is 46.1 Å². The Balaban J connectivity index is 2.75. The minimum Gasteiger partial charge on any atom is -0.399 e. The second-order valence-corrected chi connectivity index (χ2v) is 6.30. The molecule has 0 bridgehead atoms. The van der Waals surface area contributed by atoms with Crippen molar-refractivity contribution in [2.24, 2.45) is 5.41 Å². The Morgan fingerprint density at radius 2 is 2.00 bits per heavy atom. The molecule has 0 atom stereocenters. The first kappa shape index (κ1) is 15.5. The number of hydrogen-bond donors (Lipinski definition) is 1. The number of amides is 1. The van der Waals surface area contributed by atoms with Crippen LogP contribution in [-0.4, -0.2) is 17.4 Å². The van der Waals surface area contributed by atoms with Gasteiger partial charge in [0.1, 0.15) is 0 Å². The number of rotatable bonds is 5. The Labute approximate surface area is 116 Å². The van der Waals surface area contributed by atoms with Crippen molar-refractivity contribution in [2.45, 2.75) is 47.1 Å². The molecule has 106 valence electrons. The number of nitrogen functional groups attached to an aromatic ring is 1. The van der Waals surface area contributed by atoms with Crippen LogP contribution < -0.4 is 5.73 Å². The lowest BCUT2D eigenvalue weighted by molar-refractivity contribution is -0.133. The summed E-state index contributed by atoms with van der Waals surface area (Å²) in [5.41, 5.74) is 7.65. The van der Waals surface area contributed by atoms with Crippen molar-refractivity contribution in [1.82, 2.24) is 4.90 Å². The second kappa shape index (κ2) is 6.60. The molecule has 0 aliphatic carbocycles. The van der Waals surface area contributed by atoms with Crippen LogP contribution in [0.5, 0.6) is 0 Å². The van der Waals surface area contributed by atoms with Gasteiger partial charge in [-0.3, -0.25) is 4.79 Å². The SMILES string of the molecule is CCCN(Cc1cccc(N)c1)C(=O)CC(C)(C)C. The van der Waals surface area contributed by atoms with Gasteiger partial charge >= 0.3 is 0 Å². The maximum absolute atomic E-state index is 12.3.